The summed E-state index contributed by atoms with van der Waals surface area (Å²) >= 11 is 1.49. The van der Waals surface area contributed by atoms with Crippen molar-refractivity contribution in [1.29, 1.82) is 0 Å². The third-order valence-corrected chi connectivity index (χ3v) is 8.95. The molecule has 2 aliphatic rings. The van der Waals surface area contributed by atoms with E-state index in [-0.39, 0.29) is 11.8 Å². The van der Waals surface area contributed by atoms with Crippen LogP contribution in [-0.2, 0) is 11.3 Å². The molecule has 212 valence electrons. The van der Waals surface area contributed by atoms with Gasteiger partial charge in [-0.2, -0.15) is 0 Å². The molecule has 0 bridgehead atoms. The number of hydrogen-bond donors (Lipinski definition) is 0. The van der Waals surface area contributed by atoms with Crippen molar-refractivity contribution in [1.82, 2.24) is 4.90 Å². The monoisotopic (exact) mass is 575 g/mol. The first kappa shape index (κ1) is 27.7. The minimum Gasteiger partial charge on any atom is -0.495 e. The van der Waals surface area contributed by atoms with E-state index in [1.54, 1.807) is 7.11 Å². The molecule has 0 N–H and O–H groups in total. The number of carbonyl (C=O) groups is 2. The molecule has 4 aromatic carbocycles. The van der Waals surface area contributed by atoms with Crippen molar-refractivity contribution in [3.63, 3.8) is 0 Å². The van der Waals surface area contributed by atoms with E-state index in [0.717, 1.165) is 51.8 Å². The summed E-state index contributed by atoms with van der Waals surface area (Å²) in [7, 11) is 1.68. The molecule has 0 radical (unpaired) electrons. The van der Waals surface area contributed by atoms with Crippen LogP contribution in [0.5, 0.6) is 5.75 Å². The van der Waals surface area contributed by atoms with Gasteiger partial charge in [0.05, 0.1) is 29.9 Å². The predicted molar refractivity (Wildman–Crippen MR) is 170 cm³/mol. The molecule has 1 fully saturated rings. The van der Waals surface area contributed by atoms with Gasteiger partial charge in [-0.15, -0.1) is 0 Å². The van der Waals surface area contributed by atoms with E-state index >= 15 is 0 Å². The fraction of sp³-hybridized carbons (Fsp3) is 0.200. The van der Waals surface area contributed by atoms with Crippen molar-refractivity contribution in [3.05, 3.63) is 124 Å². The first-order valence-electron chi connectivity index (χ1n) is 14.1. The van der Waals surface area contributed by atoms with Crippen LogP contribution < -0.4 is 14.5 Å². The standard InChI is InChI=1S/C35H33N3O3S/c1-25-9-3-4-10-28(25)24-38-30-12-6-8-14-32(30)42-33(35(38)40)23-26-15-17-27(18-16-26)34(39)37-21-19-36(20-22-37)29-11-5-7-13-31(29)41-2/h3-18,23H,19-22,24H2,1-2H3. The van der Waals surface area contributed by atoms with Gasteiger partial charge in [-0.05, 0) is 66.1 Å². The quantitative estimate of drug-likeness (QED) is 0.241. The second-order valence-corrected chi connectivity index (χ2v) is 11.6. The number of carbonyl (C=O) groups excluding carboxylic acids is 2. The van der Waals surface area contributed by atoms with Crippen molar-refractivity contribution in [2.75, 3.05) is 43.1 Å². The summed E-state index contributed by atoms with van der Waals surface area (Å²) in [6.45, 7) is 5.36. The number of anilines is 2. The molecule has 0 aromatic heterocycles. The van der Waals surface area contributed by atoms with E-state index in [4.69, 9.17) is 4.74 Å². The average molecular weight is 576 g/mol. The average Bonchev–Trinajstić information content (AvgIpc) is 3.04. The third-order valence-electron chi connectivity index (χ3n) is 7.87. The summed E-state index contributed by atoms with van der Waals surface area (Å²) in [5.74, 6) is 0.851. The van der Waals surface area contributed by atoms with Crippen LogP contribution in [0.3, 0.4) is 0 Å². The highest BCUT2D eigenvalue weighted by atomic mass is 32.2. The molecular formula is C35H33N3O3S. The first-order chi connectivity index (χ1) is 20.5. The Labute approximate surface area is 251 Å². The van der Waals surface area contributed by atoms with Crippen molar-refractivity contribution in [2.24, 2.45) is 0 Å². The zero-order valence-corrected chi connectivity index (χ0v) is 24.6. The number of aryl methyl sites for hydroxylation is 1. The highest BCUT2D eigenvalue weighted by Crippen LogP contribution is 2.42. The molecule has 4 aromatic rings. The largest absolute Gasteiger partial charge is 0.495 e. The molecule has 0 atom stereocenters. The molecule has 0 spiro atoms. The Bertz CT molecular complexity index is 1640. The second-order valence-electron chi connectivity index (χ2n) is 10.5. The van der Waals surface area contributed by atoms with Crippen molar-refractivity contribution < 1.29 is 14.3 Å². The lowest BCUT2D eigenvalue weighted by Gasteiger charge is -2.36. The second kappa shape index (κ2) is 12.2. The van der Waals surface area contributed by atoms with Crippen LogP contribution in [0.25, 0.3) is 6.08 Å². The van der Waals surface area contributed by atoms with Gasteiger partial charge in [0.2, 0.25) is 0 Å². The highest BCUT2D eigenvalue weighted by molar-refractivity contribution is 8.04. The Morgan fingerprint density at radius 3 is 2.24 bits per heavy atom. The Kier molecular flexibility index (Phi) is 8.02. The minimum absolute atomic E-state index is 0.0185. The van der Waals surface area contributed by atoms with Gasteiger partial charge < -0.3 is 19.4 Å². The maximum absolute atomic E-state index is 13.7. The van der Waals surface area contributed by atoms with Crippen LogP contribution in [0.1, 0.15) is 27.0 Å². The number of rotatable bonds is 6. The topological polar surface area (TPSA) is 53.1 Å². The molecule has 2 amide bonds. The van der Waals surface area contributed by atoms with E-state index in [1.807, 2.05) is 88.7 Å². The Morgan fingerprint density at radius 2 is 1.50 bits per heavy atom. The Balaban J connectivity index is 1.16. The minimum atomic E-state index is -0.0185. The number of thioether (sulfide) groups is 1. The van der Waals surface area contributed by atoms with Crippen LogP contribution in [0, 0.1) is 6.92 Å². The van der Waals surface area contributed by atoms with Gasteiger partial charge in [-0.3, -0.25) is 9.59 Å². The number of piperazine rings is 1. The fourth-order valence-corrected chi connectivity index (χ4v) is 6.53. The molecular weight excluding hydrogens is 542 g/mol. The maximum Gasteiger partial charge on any atom is 0.265 e. The number of amides is 2. The number of para-hydroxylation sites is 3. The number of nitrogens with zero attached hydrogens (tertiary/aromatic N) is 3. The van der Waals surface area contributed by atoms with E-state index in [1.165, 1.54) is 11.8 Å². The molecule has 42 heavy (non-hydrogen) atoms. The number of fused-ring (bicyclic) bond motifs is 1. The summed E-state index contributed by atoms with van der Waals surface area (Å²) in [5.41, 5.74) is 5.81. The molecule has 0 unspecified atom stereocenters. The Hall–Kier alpha value is -4.49. The van der Waals surface area contributed by atoms with Crippen LogP contribution in [-0.4, -0.2) is 50.0 Å². The lowest BCUT2D eigenvalue weighted by atomic mass is 10.1. The zero-order chi connectivity index (χ0) is 29.1. The summed E-state index contributed by atoms with van der Waals surface area (Å²) in [5, 5.41) is 0. The van der Waals surface area contributed by atoms with Crippen LogP contribution in [0.4, 0.5) is 11.4 Å². The van der Waals surface area contributed by atoms with Crippen LogP contribution in [0.15, 0.2) is 107 Å². The summed E-state index contributed by atoms with van der Waals surface area (Å²) < 4.78 is 5.52. The molecule has 0 aliphatic carbocycles. The lowest BCUT2D eigenvalue weighted by Crippen LogP contribution is -2.48. The van der Waals surface area contributed by atoms with Crippen LogP contribution >= 0.6 is 11.8 Å². The maximum atomic E-state index is 13.7. The van der Waals surface area contributed by atoms with E-state index in [0.29, 0.717) is 30.1 Å². The summed E-state index contributed by atoms with van der Waals surface area (Å²) in [4.78, 5) is 34.8. The molecule has 2 aliphatic heterocycles. The van der Waals surface area contributed by atoms with Gasteiger partial charge in [0, 0.05) is 36.6 Å². The van der Waals surface area contributed by atoms with Crippen molar-refractivity contribution >= 4 is 41.0 Å². The predicted octanol–water partition coefficient (Wildman–Crippen LogP) is 6.65. The van der Waals surface area contributed by atoms with Crippen LogP contribution in [0.2, 0.25) is 0 Å². The first-order valence-corrected chi connectivity index (χ1v) is 15.0. The lowest BCUT2D eigenvalue weighted by molar-refractivity contribution is -0.114. The van der Waals surface area contributed by atoms with E-state index < -0.39 is 0 Å². The van der Waals surface area contributed by atoms with Gasteiger partial charge >= 0.3 is 0 Å². The Morgan fingerprint density at radius 1 is 0.833 bits per heavy atom. The molecule has 2 heterocycles. The van der Waals surface area contributed by atoms with Gasteiger partial charge in [0.15, 0.2) is 0 Å². The van der Waals surface area contributed by atoms with Gasteiger partial charge in [0.1, 0.15) is 5.75 Å². The smallest absolute Gasteiger partial charge is 0.265 e. The number of ether oxygens (including phenoxy) is 1. The van der Waals surface area contributed by atoms with Gasteiger partial charge in [-0.25, -0.2) is 0 Å². The van der Waals surface area contributed by atoms with E-state index in [9.17, 15) is 9.59 Å². The third kappa shape index (κ3) is 5.65. The molecule has 1 saturated heterocycles. The fourth-order valence-electron chi connectivity index (χ4n) is 5.47. The van der Waals surface area contributed by atoms with Gasteiger partial charge in [0.25, 0.3) is 11.8 Å². The number of methoxy groups -OCH3 is 1. The molecule has 6 nitrogen and oxygen atoms in total. The van der Waals surface area contributed by atoms with Crippen molar-refractivity contribution in [3.8, 4) is 5.75 Å². The summed E-state index contributed by atoms with van der Waals surface area (Å²) in [6, 6.07) is 31.8. The SMILES string of the molecule is COc1ccccc1N1CCN(C(=O)c2ccc(C=C3Sc4ccccc4N(Cc4ccccc4C)C3=O)cc2)CC1. The number of hydrogen-bond acceptors (Lipinski definition) is 5. The van der Waals surface area contributed by atoms with Gasteiger partial charge in [-0.1, -0.05) is 72.4 Å². The molecule has 0 saturated carbocycles. The normalized spacial score (nSPS) is 16.0. The number of benzene rings is 4. The molecule has 7 heteroatoms. The van der Waals surface area contributed by atoms with E-state index in [2.05, 4.69) is 36.1 Å². The molecule has 6 rings (SSSR count). The summed E-state index contributed by atoms with van der Waals surface area (Å²) in [6.07, 6.45) is 1.92. The zero-order valence-electron chi connectivity index (χ0n) is 23.8. The highest BCUT2D eigenvalue weighted by Gasteiger charge is 2.29. The van der Waals surface area contributed by atoms with Crippen molar-refractivity contribution in [2.45, 2.75) is 18.4 Å².